The quantitative estimate of drug-likeness (QED) is 0.587. The van der Waals surface area contributed by atoms with Crippen molar-refractivity contribution in [3.63, 3.8) is 0 Å². The molecule has 4 rings (SSSR count). The SMILES string of the molecule is CC(C)(C)CC(NC(=O)Oc1ccoc1)C(=O)N1CCC2C1C(=O)CN2S(=O)(=O)Cc1cccnc1. The number of sulfonamides is 1. The van der Waals surface area contributed by atoms with Crippen LogP contribution < -0.4 is 10.1 Å². The van der Waals surface area contributed by atoms with Crippen molar-refractivity contribution in [2.75, 3.05) is 13.1 Å². The first-order chi connectivity index (χ1) is 16.9. The molecule has 0 saturated carbocycles. The van der Waals surface area contributed by atoms with Crippen LogP contribution in [0.25, 0.3) is 0 Å². The minimum Gasteiger partial charge on any atom is -0.469 e. The van der Waals surface area contributed by atoms with Gasteiger partial charge in [-0.25, -0.2) is 13.2 Å². The number of nitrogens with one attached hydrogen (secondary N) is 1. The van der Waals surface area contributed by atoms with Gasteiger partial charge in [0.2, 0.25) is 15.9 Å². The molecule has 2 aliphatic heterocycles. The van der Waals surface area contributed by atoms with Gasteiger partial charge in [0.25, 0.3) is 0 Å². The van der Waals surface area contributed by atoms with Crippen molar-refractivity contribution in [1.29, 1.82) is 0 Å². The average molecular weight is 519 g/mol. The van der Waals surface area contributed by atoms with E-state index in [0.717, 1.165) is 0 Å². The smallest absolute Gasteiger partial charge is 0.413 e. The Hall–Kier alpha value is -3.25. The Labute approximate surface area is 209 Å². The lowest BCUT2D eigenvalue weighted by Gasteiger charge is -2.31. The van der Waals surface area contributed by atoms with Crippen LogP contribution in [0.2, 0.25) is 0 Å². The Balaban J connectivity index is 1.50. The van der Waals surface area contributed by atoms with E-state index in [4.69, 9.17) is 9.15 Å². The Morgan fingerprint density at radius 1 is 1.31 bits per heavy atom. The van der Waals surface area contributed by atoms with Gasteiger partial charge in [-0.05, 0) is 29.9 Å². The standard InChI is InChI=1S/C24H30N4O7S/c1-24(2,3)11-18(26-23(31)35-17-7-10-34-14-17)22(30)27-9-6-19-21(27)20(29)13-28(19)36(32,33)15-16-5-4-8-25-12-16/h4-5,7-8,10,12,14,18-19,21H,6,9,11,13,15H2,1-3H3,(H,26,31). The maximum atomic E-state index is 13.6. The third-order valence-corrected chi connectivity index (χ3v) is 8.01. The number of furan rings is 1. The fourth-order valence-electron chi connectivity index (χ4n) is 4.76. The molecule has 3 atom stereocenters. The number of amides is 2. The van der Waals surface area contributed by atoms with Gasteiger partial charge in [-0.1, -0.05) is 26.8 Å². The van der Waals surface area contributed by atoms with Gasteiger partial charge in [-0.15, -0.1) is 0 Å². The molecule has 2 saturated heterocycles. The van der Waals surface area contributed by atoms with E-state index in [1.54, 1.807) is 18.3 Å². The highest BCUT2D eigenvalue weighted by molar-refractivity contribution is 7.88. The van der Waals surface area contributed by atoms with E-state index in [9.17, 15) is 22.8 Å². The zero-order valence-electron chi connectivity index (χ0n) is 20.4. The van der Waals surface area contributed by atoms with Gasteiger partial charge in [-0.2, -0.15) is 4.31 Å². The number of ether oxygens (including phenoxy) is 1. The van der Waals surface area contributed by atoms with Crippen LogP contribution in [0.4, 0.5) is 4.79 Å². The monoisotopic (exact) mass is 518 g/mol. The van der Waals surface area contributed by atoms with Crippen molar-refractivity contribution in [2.24, 2.45) is 5.41 Å². The van der Waals surface area contributed by atoms with Crippen molar-refractivity contribution in [1.82, 2.24) is 19.5 Å². The Kier molecular flexibility index (Phi) is 7.19. The molecule has 11 nitrogen and oxygen atoms in total. The van der Waals surface area contributed by atoms with Crippen LogP contribution in [0.3, 0.4) is 0 Å². The topological polar surface area (TPSA) is 139 Å². The summed E-state index contributed by atoms with van der Waals surface area (Å²) in [7, 11) is -3.81. The number of hydrogen-bond acceptors (Lipinski definition) is 8. The normalized spacial score (nSPS) is 21.3. The van der Waals surface area contributed by atoms with Gasteiger partial charge < -0.3 is 19.4 Å². The molecule has 2 aliphatic rings. The van der Waals surface area contributed by atoms with Crippen molar-refractivity contribution in [3.05, 3.63) is 48.7 Å². The molecule has 12 heteroatoms. The number of hydrogen-bond donors (Lipinski definition) is 1. The molecular formula is C24H30N4O7S. The van der Waals surface area contributed by atoms with Crippen LogP contribution >= 0.6 is 0 Å². The molecule has 0 aliphatic carbocycles. The lowest BCUT2D eigenvalue weighted by molar-refractivity contribution is -0.138. The molecule has 2 aromatic heterocycles. The van der Waals surface area contributed by atoms with Crippen LogP contribution in [-0.2, 0) is 25.4 Å². The van der Waals surface area contributed by atoms with Gasteiger partial charge >= 0.3 is 6.09 Å². The first-order valence-corrected chi connectivity index (χ1v) is 13.3. The summed E-state index contributed by atoms with van der Waals surface area (Å²) >= 11 is 0. The summed E-state index contributed by atoms with van der Waals surface area (Å²) in [4.78, 5) is 44.4. The van der Waals surface area contributed by atoms with E-state index < -0.39 is 40.1 Å². The molecule has 0 spiro atoms. The third kappa shape index (κ3) is 5.76. The molecule has 0 bridgehead atoms. The maximum absolute atomic E-state index is 13.6. The number of carbonyl (C=O) groups excluding carboxylic acids is 3. The molecule has 3 unspecified atom stereocenters. The molecule has 4 heterocycles. The van der Waals surface area contributed by atoms with Gasteiger partial charge in [0, 0.05) is 25.0 Å². The predicted molar refractivity (Wildman–Crippen MR) is 128 cm³/mol. The molecule has 36 heavy (non-hydrogen) atoms. The number of rotatable bonds is 7. The third-order valence-electron chi connectivity index (χ3n) is 6.20. The van der Waals surface area contributed by atoms with E-state index >= 15 is 0 Å². The molecule has 2 aromatic rings. The van der Waals surface area contributed by atoms with Crippen LogP contribution in [0.15, 0.2) is 47.5 Å². The van der Waals surface area contributed by atoms with Gasteiger partial charge in [0.1, 0.15) is 18.3 Å². The Morgan fingerprint density at radius 3 is 2.72 bits per heavy atom. The number of carbonyl (C=O) groups is 3. The molecular weight excluding hydrogens is 488 g/mol. The zero-order valence-corrected chi connectivity index (χ0v) is 21.2. The van der Waals surface area contributed by atoms with Gasteiger partial charge in [-0.3, -0.25) is 14.6 Å². The predicted octanol–water partition coefficient (Wildman–Crippen LogP) is 1.95. The van der Waals surface area contributed by atoms with Gasteiger partial charge in [0.15, 0.2) is 11.5 Å². The minimum absolute atomic E-state index is 0.191. The summed E-state index contributed by atoms with van der Waals surface area (Å²) < 4.78 is 37.6. The van der Waals surface area contributed by atoms with Crippen LogP contribution in [0, 0.1) is 5.41 Å². The second-order valence-corrected chi connectivity index (χ2v) is 12.2. The first kappa shape index (κ1) is 25.8. The fraction of sp³-hybridized carbons (Fsp3) is 0.500. The average Bonchev–Trinajstić information content (AvgIpc) is 3.51. The van der Waals surface area contributed by atoms with Crippen LogP contribution in [-0.4, -0.2) is 71.6 Å². The number of fused-ring (bicyclic) bond motifs is 1. The van der Waals surface area contributed by atoms with E-state index in [-0.39, 0.29) is 42.2 Å². The largest absolute Gasteiger partial charge is 0.469 e. The zero-order chi connectivity index (χ0) is 26.1. The van der Waals surface area contributed by atoms with E-state index in [1.165, 1.54) is 34.0 Å². The highest BCUT2D eigenvalue weighted by Gasteiger charge is 2.54. The van der Waals surface area contributed by atoms with Crippen molar-refractivity contribution in [3.8, 4) is 5.75 Å². The summed E-state index contributed by atoms with van der Waals surface area (Å²) in [5.41, 5.74) is 0.186. The maximum Gasteiger partial charge on any atom is 0.413 e. The molecule has 1 N–H and O–H groups in total. The van der Waals surface area contributed by atoms with Crippen molar-refractivity contribution >= 4 is 27.8 Å². The number of ketones is 1. The van der Waals surface area contributed by atoms with Crippen molar-refractivity contribution < 1.29 is 32.0 Å². The second-order valence-electron chi connectivity index (χ2n) is 10.3. The highest BCUT2D eigenvalue weighted by atomic mass is 32.2. The number of nitrogens with zero attached hydrogens (tertiary/aromatic N) is 3. The van der Waals surface area contributed by atoms with E-state index in [1.807, 2.05) is 20.8 Å². The fourth-order valence-corrected chi connectivity index (χ4v) is 6.48. The molecule has 0 radical (unpaired) electrons. The number of likely N-dealkylation sites (tertiary alicyclic amines) is 1. The second kappa shape index (κ2) is 10.0. The minimum atomic E-state index is -3.81. The van der Waals surface area contributed by atoms with E-state index in [0.29, 0.717) is 12.0 Å². The van der Waals surface area contributed by atoms with Gasteiger partial charge in [0.05, 0.1) is 24.6 Å². The molecule has 194 valence electrons. The summed E-state index contributed by atoms with van der Waals surface area (Å²) in [5.74, 6) is -0.868. The van der Waals surface area contributed by atoms with Crippen LogP contribution in [0.1, 0.15) is 39.2 Å². The molecule has 0 aromatic carbocycles. The summed E-state index contributed by atoms with van der Waals surface area (Å²) in [6.07, 6.45) is 5.43. The number of Topliss-reactive ketones (excluding diaryl/α,β-unsaturated/α-hetero) is 1. The lowest BCUT2D eigenvalue weighted by atomic mass is 9.87. The summed E-state index contributed by atoms with van der Waals surface area (Å²) in [6.45, 7) is 5.70. The Morgan fingerprint density at radius 2 is 2.08 bits per heavy atom. The molecule has 2 fully saturated rings. The first-order valence-electron chi connectivity index (χ1n) is 11.7. The summed E-state index contributed by atoms with van der Waals surface area (Å²) in [5, 5.41) is 2.61. The van der Waals surface area contributed by atoms with Crippen molar-refractivity contribution in [2.45, 2.75) is 57.5 Å². The number of aromatic nitrogens is 1. The lowest BCUT2D eigenvalue weighted by Crippen LogP contribution is -2.54. The van der Waals surface area contributed by atoms with Crippen LogP contribution in [0.5, 0.6) is 5.75 Å². The molecule has 2 amide bonds. The highest BCUT2D eigenvalue weighted by Crippen LogP contribution is 2.34. The number of pyridine rings is 1. The summed E-state index contributed by atoms with van der Waals surface area (Å²) in [6, 6.07) is 2.28. The van der Waals surface area contributed by atoms with E-state index in [2.05, 4.69) is 10.3 Å². The Bertz CT molecular complexity index is 1210.